The number of nitriles is 1. The van der Waals surface area contributed by atoms with Crippen LogP contribution in [0.3, 0.4) is 0 Å². The van der Waals surface area contributed by atoms with Gasteiger partial charge in [-0.3, -0.25) is 4.79 Å². The Bertz CT molecular complexity index is 981. The Morgan fingerprint density at radius 1 is 1.34 bits per heavy atom. The monoisotopic (exact) mass is 588 g/mol. The number of amides is 1. The summed E-state index contributed by atoms with van der Waals surface area (Å²) in [5.74, 6) is -0.551. The van der Waals surface area contributed by atoms with Gasteiger partial charge in [0.1, 0.15) is 17.4 Å². The predicted molar refractivity (Wildman–Crippen MR) is 123 cm³/mol. The van der Waals surface area contributed by atoms with Gasteiger partial charge in [-0.2, -0.15) is 5.26 Å². The SMILES string of the molecule is CCOC(=O)COc1c(Br)cc(/C=C(\C#N)C(=O)Nc2cccc(Cl)c2)cc1I. The van der Waals surface area contributed by atoms with Gasteiger partial charge < -0.3 is 14.8 Å². The first-order chi connectivity index (χ1) is 13.8. The highest BCUT2D eigenvalue weighted by Gasteiger charge is 2.14. The molecule has 9 heteroatoms. The van der Waals surface area contributed by atoms with Gasteiger partial charge in [-0.05, 0) is 87.4 Å². The summed E-state index contributed by atoms with van der Waals surface area (Å²) in [6.45, 7) is 1.77. The molecule has 0 spiro atoms. The summed E-state index contributed by atoms with van der Waals surface area (Å²) < 4.78 is 11.6. The second-order valence-electron chi connectivity index (χ2n) is 5.54. The van der Waals surface area contributed by atoms with E-state index in [9.17, 15) is 14.9 Å². The minimum atomic E-state index is -0.552. The summed E-state index contributed by atoms with van der Waals surface area (Å²) in [5, 5.41) is 12.5. The molecule has 2 aromatic rings. The molecule has 0 atom stereocenters. The van der Waals surface area contributed by atoms with Gasteiger partial charge in [0.2, 0.25) is 0 Å². The minimum absolute atomic E-state index is 0.0760. The van der Waals surface area contributed by atoms with Gasteiger partial charge in [-0.1, -0.05) is 17.7 Å². The summed E-state index contributed by atoms with van der Waals surface area (Å²) in [6.07, 6.45) is 1.46. The van der Waals surface area contributed by atoms with Crippen molar-refractivity contribution in [2.45, 2.75) is 6.92 Å². The molecule has 0 aromatic heterocycles. The van der Waals surface area contributed by atoms with E-state index < -0.39 is 11.9 Å². The third kappa shape index (κ3) is 7.03. The van der Waals surface area contributed by atoms with Crippen LogP contribution in [0.25, 0.3) is 6.08 Å². The van der Waals surface area contributed by atoms with Crippen molar-refractivity contribution in [3.05, 3.63) is 60.6 Å². The second kappa shape index (κ2) is 11.2. The molecule has 1 amide bonds. The van der Waals surface area contributed by atoms with Gasteiger partial charge in [0.15, 0.2) is 6.61 Å². The van der Waals surface area contributed by atoms with Gasteiger partial charge >= 0.3 is 5.97 Å². The number of nitrogens with zero attached hydrogens (tertiary/aromatic N) is 1. The fourth-order valence-corrected chi connectivity index (χ4v) is 4.17. The summed E-state index contributed by atoms with van der Waals surface area (Å²) >= 11 is 11.3. The zero-order valence-corrected chi connectivity index (χ0v) is 19.7. The van der Waals surface area contributed by atoms with Crippen molar-refractivity contribution in [3.8, 4) is 11.8 Å². The van der Waals surface area contributed by atoms with Gasteiger partial charge in [0.05, 0.1) is 14.6 Å². The van der Waals surface area contributed by atoms with Gasteiger partial charge in [-0.25, -0.2) is 4.79 Å². The molecule has 2 aromatic carbocycles. The lowest BCUT2D eigenvalue weighted by molar-refractivity contribution is -0.145. The Labute approximate surface area is 195 Å². The van der Waals surface area contributed by atoms with Crippen LogP contribution in [-0.2, 0) is 14.3 Å². The molecule has 0 bridgehead atoms. The summed E-state index contributed by atoms with van der Waals surface area (Å²) in [4.78, 5) is 23.9. The number of carbonyl (C=O) groups excluding carboxylic acids is 2. The summed E-state index contributed by atoms with van der Waals surface area (Å²) in [6, 6.07) is 12.0. The van der Waals surface area contributed by atoms with Crippen LogP contribution in [0.1, 0.15) is 12.5 Å². The van der Waals surface area contributed by atoms with E-state index in [0.717, 1.165) is 0 Å². The summed E-state index contributed by atoms with van der Waals surface area (Å²) in [5.41, 5.74) is 1.03. The van der Waals surface area contributed by atoms with E-state index in [2.05, 4.69) is 21.2 Å². The van der Waals surface area contributed by atoms with Crippen molar-refractivity contribution >= 4 is 73.8 Å². The molecule has 0 aliphatic rings. The second-order valence-corrected chi connectivity index (χ2v) is 7.99. The van der Waals surface area contributed by atoms with Crippen molar-refractivity contribution in [1.82, 2.24) is 0 Å². The maximum Gasteiger partial charge on any atom is 0.344 e. The number of esters is 1. The van der Waals surface area contributed by atoms with E-state index in [1.54, 1.807) is 43.3 Å². The van der Waals surface area contributed by atoms with Crippen LogP contribution in [0.5, 0.6) is 5.75 Å². The van der Waals surface area contributed by atoms with Crippen LogP contribution in [0.4, 0.5) is 5.69 Å². The largest absolute Gasteiger partial charge is 0.480 e. The third-order valence-corrected chi connectivity index (χ3v) is 5.04. The summed E-state index contributed by atoms with van der Waals surface area (Å²) in [7, 11) is 0. The van der Waals surface area contributed by atoms with Gasteiger partial charge in [0, 0.05) is 10.7 Å². The Balaban J connectivity index is 2.19. The van der Waals surface area contributed by atoms with Gasteiger partial charge in [0.25, 0.3) is 5.91 Å². The highest BCUT2D eigenvalue weighted by atomic mass is 127. The Morgan fingerprint density at radius 2 is 2.10 bits per heavy atom. The van der Waals surface area contributed by atoms with Crippen molar-refractivity contribution < 1.29 is 19.1 Å². The number of hydrogen-bond donors (Lipinski definition) is 1. The topological polar surface area (TPSA) is 88.4 Å². The zero-order chi connectivity index (χ0) is 21.4. The molecule has 0 radical (unpaired) electrons. The number of anilines is 1. The van der Waals surface area contributed by atoms with E-state index in [1.165, 1.54) is 6.08 Å². The maximum atomic E-state index is 12.4. The molecule has 0 fully saturated rings. The van der Waals surface area contributed by atoms with Crippen LogP contribution >= 0.6 is 50.1 Å². The zero-order valence-electron chi connectivity index (χ0n) is 15.2. The fraction of sp³-hybridized carbons (Fsp3) is 0.150. The molecule has 0 aliphatic heterocycles. The molecular formula is C20H15BrClIN2O4. The average Bonchev–Trinajstić information content (AvgIpc) is 2.65. The van der Waals surface area contributed by atoms with E-state index in [1.807, 2.05) is 28.7 Å². The van der Waals surface area contributed by atoms with Crippen LogP contribution in [0.2, 0.25) is 5.02 Å². The van der Waals surface area contributed by atoms with Crippen LogP contribution in [-0.4, -0.2) is 25.1 Å². The highest BCUT2D eigenvalue weighted by molar-refractivity contribution is 14.1. The van der Waals surface area contributed by atoms with Crippen LogP contribution in [0.15, 0.2) is 46.4 Å². The lowest BCUT2D eigenvalue weighted by Gasteiger charge is -2.11. The Hall–Kier alpha value is -2.09. The first-order valence-corrected chi connectivity index (χ1v) is 10.5. The quantitative estimate of drug-likeness (QED) is 0.208. The van der Waals surface area contributed by atoms with E-state index in [0.29, 0.717) is 30.1 Å². The molecule has 0 unspecified atom stereocenters. The Morgan fingerprint density at radius 3 is 2.72 bits per heavy atom. The molecule has 0 heterocycles. The molecule has 6 nitrogen and oxygen atoms in total. The lowest BCUT2D eigenvalue weighted by Crippen LogP contribution is -2.15. The number of benzene rings is 2. The van der Waals surface area contributed by atoms with Crippen molar-refractivity contribution in [1.29, 1.82) is 5.26 Å². The van der Waals surface area contributed by atoms with Crippen molar-refractivity contribution in [2.24, 2.45) is 0 Å². The smallest absolute Gasteiger partial charge is 0.344 e. The molecule has 0 saturated carbocycles. The van der Waals surface area contributed by atoms with E-state index in [4.69, 9.17) is 21.1 Å². The third-order valence-electron chi connectivity index (χ3n) is 3.42. The van der Waals surface area contributed by atoms with E-state index in [-0.39, 0.29) is 18.8 Å². The molecule has 0 aliphatic carbocycles. The molecule has 2 rings (SSSR count). The number of nitrogens with one attached hydrogen (secondary N) is 1. The van der Waals surface area contributed by atoms with Gasteiger partial charge in [-0.15, -0.1) is 0 Å². The number of rotatable bonds is 7. The maximum absolute atomic E-state index is 12.4. The van der Waals surface area contributed by atoms with Crippen molar-refractivity contribution in [3.63, 3.8) is 0 Å². The minimum Gasteiger partial charge on any atom is -0.480 e. The molecule has 150 valence electrons. The molecule has 29 heavy (non-hydrogen) atoms. The number of carbonyl (C=O) groups is 2. The highest BCUT2D eigenvalue weighted by Crippen LogP contribution is 2.33. The van der Waals surface area contributed by atoms with Crippen LogP contribution < -0.4 is 10.1 Å². The lowest BCUT2D eigenvalue weighted by atomic mass is 10.1. The van der Waals surface area contributed by atoms with Crippen LogP contribution in [0, 0.1) is 14.9 Å². The van der Waals surface area contributed by atoms with Crippen molar-refractivity contribution in [2.75, 3.05) is 18.5 Å². The number of hydrogen-bond acceptors (Lipinski definition) is 5. The predicted octanol–water partition coefficient (Wildman–Crippen LogP) is 5.19. The Kier molecular flexibility index (Phi) is 8.95. The molecule has 0 saturated heterocycles. The average molecular weight is 590 g/mol. The number of halogens is 3. The normalized spacial score (nSPS) is 10.8. The molecular weight excluding hydrogens is 574 g/mol. The first kappa shape index (κ1) is 23.2. The number of ether oxygens (including phenoxy) is 2. The first-order valence-electron chi connectivity index (χ1n) is 8.30. The van der Waals surface area contributed by atoms with E-state index >= 15 is 0 Å². The molecule has 1 N–H and O–H groups in total. The fourth-order valence-electron chi connectivity index (χ4n) is 2.21. The standard InChI is InChI=1S/C20H15BrClIN2O4/c1-2-28-18(26)11-29-19-16(21)7-12(8-17(19)23)6-13(10-24)20(27)25-15-5-3-4-14(22)9-15/h3-9H,2,11H2,1H3,(H,25,27)/b13-6+.